The number of carbonyl (C=O) groups excluding carboxylic acids is 2. The first kappa shape index (κ1) is 35.2. The third-order valence-corrected chi connectivity index (χ3v) is 6.87. The molecule has 1 aliphatic carbocycles. The second kappa shape index (κ2) is 16.7. The number of methoxy groups -OCH3 is 2. The molecule has 3 N–H and O–H groups in total. The Hall–Kier alpha value is -4.31. The van der Waals surface area contributed by atoms with Crippen LogP contribution in [0.15, 0.2) is 12.3 Å². The smallest absolute Gasteiger partial charge is 0.410 e. The molecule has 0 saturated carbocycles. The van der Waals surface area contributed by atoms with Crippen molar-refractivity contribution in [1.82, 2.24) is 30.0 Å². The maximum absolute atomic E-state index is 12.2. The van der Waals surface area contributed by atoms with Crippen molar-refractivity contribution < 1.29 is 23.8 Å². The zero-order valence-electron chi connectivity index (χ0n) is 27.8. The lowest BCUT2D eigenvalue weighted by Crippen LogP contribution is -2.41. The molecule has 246 valence electrons. The number of unbranched alkanes of at least 4 members (excludes halogenated alkanes) is 1. The number of nitrogens with zero attached hydrogens (tertiary/aromatic N) is 5. The quantitative estimate of drug-likeness (QED) is 0.209. The summed E-state index contributed by atoms with van der Waals surface area (Å²) in [4.78, 5) is 34.8. The molecule has 0 saturated heterocycles. The van der Waals surface area contributed by atoms with E-state index in [1.165, 1.54) is 11.9 Å². The third kappa shape index (κ3) is 10.4. The van der Waals surface area contributed by atoms with E-state index < -0.39 is 11.7 Å². The summed E-state index contributed by atoms with van der Waals surface area (Å²) in [5, 5.41) is 14.3. The second-order valence-electron chi connectivity index (χ2n) is 11.8. The molecule has 2 heterocycles. The van der Waals surface area contributed by atoms with Crippen LogP contribution in [-0.4, -0.2) is 95.8 Å². The molecule has 0 bridgehead atoms. The van der Waals surface area contributed by atoms with Gasteiger partial charge in [-0.3, -0.25) is 9.48 Å². The van der Waals surface area contributed by atoms with Crippen molar-refractivity contribution in [2.24, 2.45) is 0 Å². The summed E-state index contributed by atoms with van der Waals surface area (Å²) >= 11 is 0. The lowest BCUT2D eigenvalue weighted by atomic mass is 9.89. The summed E-state index contributed by atoms with van der Waals surface area (Å²) in [6.07, 6.45) is 7.46. The molecular formula is C32H48N8O5. The fourth-order valence-corrected chi connectivity index (χ4v) is 4.62. The molecule has 0 aliphatic heterocycles. The van der Waals surface area contributed by atoms with Crippen molar-refractivity contribution in [2.75, 3.05) is 58.1 Å². The lowest BCUT2D eigenvalue weighted by molar-refractivity contribution is -0.122. The van der Waals surface area contributed by atoms with Crippen LogP contribution in [-0.2, 0) is 20.8 Å². The number of fused-ring (bicyclic) bond motifs is 1. The van der Waals surface area contributed by atoms with Crippen LogP contribution in [0.2, 0.25) is 0 Å². The largest absolute Gasteiger partial charge is 0.480 e. The van der Waals surface area contributed by atoms with Crippen molar-refractivity contribution in [1.29, 1.82) is 0 Å². The van der Waals surface area contributed by atoms with Crippen LogP contribution in [0.5, 0.6) is 5.88 Å². The lowest BCUT2D eigenvalue weighted by Gasteiger charge is -2.27. The van der Waals surface area contributed by atoms with Gasteiger partial charge in [0.25, 0.3) is 0 Å². The number of amides is 2. The van der Waals surface area contributed by atoms with E-state index in [0.29, 0.717) is 55.7 Å². The highest BCUT2D eigenvalue weighted by molar-refractivity contribution is 5.82. The van der Waals surface area contributed by atoms with E-state index in [4.69, 9.17) is 19.2 Å². The summed E-state index contributed by atoms with van der Waals surface area (Å²) in [6, 6.07) is -0.0599. The van der Waals surface area contributed by atoms with Gasteiger partial charge in [-0.15, -0.1) is 5.10 Å². The number of anilines is 2. The fourth-order valence-electron chi connectivity index (χ4n) is 4.62. The van der Waals surface area contributed by atoms with Gasteiger partial charge in [-0.05, 0) is 39.7 Å². The van der Waals surface area contributed by atoms with Crippen molar-refractivity contribution in [3.63, 3.8) is 0 Å². The molecule has 0 radical (unpaired) electrons. The zero-order chi connectivity index (χ0) is 33.0. The molecule has 13 nitrogen and oxygen atoms in total. The second-order valence-corrected chi connectivity index (χ2v) is 11.8. The van der Waals surface area contributed by atoms with Crippen LogP contribution in [0.4, 0.5) is 16.6 Å². The van der Waals surface area contributed by atoms with E-state index in [1.807, 2.05) is 10.8 Å². The van der Waals surface area contributed by atoms with Crippen molar-refractivity contribution in [3.8, 4) is 17.7 Å². The average molecular weight is 625 g/mol. The molecule has 0 fully saturated rings. The number of nitrogens with one attached hydrogen (secondary N) is 3. The molecule has 2 atom stereocenters. The molecule has 0 spiro atoms. The Bertz CT molecular complexity index is 1390. The van der Waals surface area contributed by atoms with Gasteiger partial charge in [-0.25, -0.2) is 9.78 Å². The number of ether oxygens (including phenoxy) is 3. The van der Waals surface area contributed by atoms with Crippen LogP contribution in [0.1, 0.15) is 76.6 Å². The first-order valence-corrected chi connectivity index (χ1v) is 15.4. The molecule has 45 heavy (non-hydrogen) atoms. The van der Waals surface area contributed by atoms with Gasteiger partial charge in [0.05, 0.1) is 49.3 Å². The highest BCUT2D eigenvalue weighted by Gasteiger charge is 2.30. The van der Waals surface area contributed by atoms with Gasteiger partial charge in [0, 0.05) is 39.6 Å². The van der Waals surface area contributed by atoms with Crippen molar-refractivity contribution in [3.05, 3.63) is 29.1 Å². The summed E-state index contributed by atoms with van der Waals surface area (Å²) < 4.78 is 18.0. The normalized spacial score (nSPS) is 15.4. The Morgan fingerprint density at radius 3 is 2.67 bits per heavy atom. The van der Waals surface area contributed by atoms with Crippen LogP contribution >= 0.6 is 0 Å². The maximum atomic E-state index is 12.2. The maximum Gasteiger partial charge on any atom is 0.410 e. The monoisotopic (exact) mass is 624 g/mol. The van der Waals surface area contributed by atoms with Gasteiger partial charge in [-0.2, -0.15) is 4.98 Å². The molecule has 2 amide bonds. The Morgan fingerprint density at radius 2 is 1.98 bits per heavy atom. The first-order valence-electron chi connectivity index (χ1n) is 15.4. The molecule has 2 unspecified atom stereocenters. The standard InChI is InChI=1S/C32H48N8O5/c1-9-16-34-28-23(13-11-10-12-17-33-26(41)21-39(6)31(42)45-32(3,4)5)20-35-30(37-28)36-25-15-14-24-27(22(25)2)40(18-19-43-7)38-29(24)44-8/h14-15,20,22,25H,9-10,12,16-19,21H2,1-8H3,(H,33,41)(H2,34,35,36,37). The summed E-state index contributed by atoms with van der Waals surface area (Å²) in [5.41, 5.74) is 2.13. The topological polar surface area (TPSA) is 145 Å². The number of hydrogen-bond acceptors (Lipinski definition) is 10. The predicted molar refractivity (Wildman–Crippen MR) is 174 cm³/mol. The van der Waals surface area contributed by atoms with Gasteiger partial charge >= 0.3 is 6.09 Å². The van der Waals surface area contributed by atoms with E-state index in [2.05, 4.69) is 57.8 Å². The molecule has 0 aromatic carbocycles. The number of hydrogen-bond donors (Lipinski definition) is 3. The van der Waals surface area contributed by atoms with Gasteiger partial charge in [0.2, 0.25) is 17.7 Å². The molecule has 2 aromatic rings. The summed E-state index contributed by atoms with van der Waals surface area (Å²) in [7, 11) is 4.84. The van der Waals surface area contributed by atoms with Crippen LogP contribution in [0, 0.1) is 11.8 Å². The van der Waals surface area contributed by atoms with Gasteiger partial charge in [-0.1, -0.05) is 31.8 Å². The van der Waals surface area contributed by atoms with Crippen LogP contribution in [0.25, 0.3) is 6.08 Å². The van der Waals surface area contributed by atoms with E-state index >= 15 is 0 Å². The fraction of sp³-hybridized carbons (Fsp3) is 0.594. The van der Waals surface area contributed by atoms with Gasteiger partial charge in [0.1, 0.15) is 18.0 Å². The summed E-state index contributed by atoms with van der Waals surface area (Å²) in [5.74, 6) is 7.91. The molecule has 2 aromatic heterocycles. The van der Waals surface area contributed by atoms with Crippen LogP contribution < -0.4 is 20.7 Å². The average Bonchev–Trinajstić information content (AvgIpc) is 3.36. The van der Waals surface area contributed by atoms with E-state index in [1.54, 1.807) is 41.2 Å². The third-order valence-electron chi connectivity index (χ3n) is 6.87. The summed E-state index contributed by atoms with van der Waals surface area (Å²) in [6.45, 7) is 11.9. The van der Waals surface area contributed by atoms with E-state index in [-0.39, 0.29) is 24.4 Å². The number of likely N-dealkylation sites (N-methyl/N-ethyl adjacent to an activating group) is 1. The molecule has 1 aliphatic rings. The predicted octanol–water partition coefficient (Wildman–Crippen LogP) is 3.88. The van der Waals surface area contributed by atoms with Crippen LogP contribution in [0.3, 0.4) is 0 Å². The van der Waals surface area contributed by atoms with Gasteiger partial charge in [0.15, 0.2) is 0 Å². The van der Waals surface area contributed by atoms with Gasteiger partial charge < -0.3 is 35.1 Å². The van der Waals surface area contributed by atoms with Crippen molar-refractivity contribution >= 4 is 29.8 Å². The Kier molecular flexibility index (Phi) is 13.0. The Morgan fingerprint density at radius 1 is 1.20 bits per heavy atom. The Labute approximate surface area is 266 Å². The molecular weight excluding hydrogens is 576 g/mol. The minimum atomic E-state index is -0.616. The minimum absolute atomic E-state index is 0.0599. The highest BCUT2D eigenvalue weighted by atomic mass is 16.6. The first-order chi connectivity index (χ1) is 21.5. The Balaban J connectivity index is 1.58. The molecule has 3 rings (SSSR count). The number of aromatic nitrogens is 4. The van der Waals surface area contributed by atoms with E-state index in [9.17, 15) is 9.59 Å². The minimum Gasteiger partial charge on any atom is -0.480 e. The molecule has 13 heteroatoms. The van der Waals surface area contributed by atoms with E-state index in [0.717, 1.165) is 24.2 Å². The number of carbonyl (C=O) groups is 2. The SMILES string of the molecule is CCCNc1nc(NC2C=Cc3c(OC)nn(CCOC)c3C2C)ncc1C#CCCCNC(=O)CN(C)C(=O)OC(C)(C)C. The number of rotatable bonds is 14. The van der Waals surface area contributed by atoms with Crippen molar-refractivity contribution in [2.45, 2.75) is 78.0 Å². The zero-order valence-corrected chi connectivity index (χ0v) is 27.8. The highest BCUT2D eigenvalue weighted by Crippen LogP contribution is 2.36.